The predicted octanol–water partition coefficient (Wildman–Crippen LogP) is 4.37. The van der Waals surface area contributed by atoms with Gasteiger partial charge in [0.25, 0.3) is 0 Å². The molecule has 0 saturated heterocycles. The van der Waals surface area contributed by atoms with Crippen LogP contribution in [0.1, 0.15) is 44.6 Å². The molecular formula is C16H21ClO. The highest BCUT2D eigenvalue weighted by atomic mass is 35.5. The van der Waals surface area contributed by atoms with Gasteiger partial charge in [0.1, 0.15) is 0 Å². The van der Waals surface area contributed by atoms with Crippen LogP contribution in [0.3, 0.4) is 0 Å². The summed E-state index contributed by atoms with van der Waals surface area (Å²) in [5, 5.41) is 11.4. The molecule has 4 unspecified atom stereocenters. The number of benzene rings is 1. The number of hydrogen-bond acceptors (Lipinski definition) is 1. The first kappa shape index (κ1) is 12.5. The number of halogens is 1. The Balaban J connectivity index is 1.74. The van der Waals surface area contributed by atoms with Crippen LogP contribution >= 0.6 is 11.6 Å². The van der Waals surface area contributed by atoms with Crippen LogP contribution in [0.15, 0.2) is 24.3 Å². The minimum Gasteiger partial charge on any atom is -0.385 e. The van der Waals surface area contributed by atoms with E-state index in [1.807, 2.05) is 31.2 Å². The lowest BCUT2D eigenvalue weighted by molar-refractivity contribution is 0.0205. The molecule has 0 radical (unpaired) electrons. The molecule has 0 spiro atoms. The second-order valence-electron chi connectivity index (χ2n) is 6.42. The van der Waals surface area contributed by atoms with E-state index in [4.69, 9.17) is 11.6 Å². The quantitative estimate of drug-likeness (QED) is 0.859. The van der Waals surface area contributed by atoms with Gasteiger partial charge >= 0.3 is 0 Å². The summed E-state index contributed by atoms with van der Waals surface area (Å²) in [4.78, 5) is 0. The van der Waals surface area contributed by atoms with Gasteiger partial charge in [-0.1, -0.05) is 30.2 Å². The van der Waals surface area contributed by atoms with E-state index in [1.165, 1.54) is 25.7 Å². The molecule has 0 heterocycles. The first-order valence-corrected chi connectivity index (χ1v) is 7.41. The third kappa shape index (κ3) is 2.31. The average molecular weight is 265 g/mol. The Morgan fingerprint density at radius 2 is 2.17 bits per heavy atom. The Bertz CT molecular complexity index is 440. The van der Waals surface area contributed by atoms with Crippen LogP contribution < -0.4 is 0 Å². The van der Waals surface area contributed by atoms with Gasteiger partial charge in [0.05, 0.1) is 5.60 Å². The van der Waals surface area contributed by atoms with Crippen molar-refractivity contribution in [2.75, 3.05) is 0 Å². The van der Waals surface area contributed by atoms with E-state index in [2.05, 4.69) is 0 Å². The molecule has 2 aliphatic rings. The van der Waals surface area contributed by atoms with Crippen LogP contribution in [-0.2, 0) is 5.60 Å². The maximum atomic E-state index is 10.7. The van der Waals surface area contributed by atoms with Gasteiger partial charge < -0.3 is 5.11 Å². The third-order valence-corrected chi connectivity index (χ3v) is 5.23. The summed E-state index contributed by atoms with van der Waals surface area (Å²) >= 11 is 6.02. The van der Waals surface area contributed by atoms with Gasteiger partial charge in [-0.15, -0.1) is 0 Å². The van der Waals surface area contributed by atoms with Crippen molar-refractivity contribution >= 4 is 11.6 Å². The fraction of sp³-hybridized carbons (Fsp3) is 0.625. The molecule has 1 nitrogen and oxygen atoms in total. The van der Waals surface area contributed by atoms with Crippen molar-refractivity contribution in [3.63, 3.8) is 0 Å². The van der Waals surface area contributed by atoms with Crippen LogP contribution in [-0.4, -0.2) is 5.11 Å². The fourth-order valence-corrected chi connectivity index (χ4v) is 4.27. The summed E-state index contributed by atoms with van der Waals surface area (Å²) in [5.41, 5.74) is 0.220. The number of rotatable bonds is 3. The topological polar surface area (TPSA) is 20.2 Å². The zero-order valence-electron chi connectivity index (χ0n) is 10.9. The molecule has 18 heavy (non-hydrogen) atoms. The summed E-state index contributed by atoms with van der Waals surface area (Å²) in [6.07, 6.45) is 6.40. The summed E-state index contributed by atoms with van der Waals surface area (Å²) in [7, 11) is 0. The van der Waals surface area contributed by atoms with E-state index in [-0.39, 0.29) is 0 Å². The van der Waals surface area contributed by atoms with Crippen LogP contribution in [0.5, 0.6) is 0 Å². The minimum absolute atomic E-state index is 0.706. The SMILES string of the molecule is CC(O)(CC1CC2CCC1C2)c1cccc(Cl)c1. The maximum absolute atomic E-state index is 10.7. The normalized spacial score (nSPS) is 33.6. The molecule has 98 valence electrons. The van der Waals surface area contributed by atoms with E-state index < -0.39 is 5.60 Å². The zero-order valence-corrected chi connectivity index (χ0v) is 11.7. The van der Waals surface area contributed by atoms with Crippen LogP contribution in [0.4, 0.5) is 0 Å². The summed E-state index contributed by atoms with van der Waals surface area (Å²) < 4.78 is 0. The molecule has 1 aromatic carbocycles. The van der Waals surface area contributed by atoms with Crippen molar-refractivity contribution in [2.24, 2.45) is 17.8 Å². The lowest BCUT2D eigenvalue weighted by atomic mass is 9.78. The molecule has 4 atom stereocenters. The van der Waals surface area contributed by atoms with E-state index in [0.717, 1.165) is 23.8 Å². The minimum atomic E-state index is -0.736. The third-order valence-electron chi connectivity index (χ3n) is 4.99. The first-order chi connectivity index (χ1) is 8.54. The standard InChI is InChI=1S/C16H21ClO/c1-16(18,14-3-2-4-15(17)9-14)10-13-8-11-5-6-12(13)7-11/h2-4,9,11-13,18H,5-8,10H2,1H3. The Hall–Kier alpha value is -0.530. The van der Waals surface area contributed by atoms with E-state index >= 15 is 0 Å². The Morgan fingerprint density at radius 3 is 2.78 bits per heavy atom. The molecular weight excluding hydrogens is 244 g/mol. The lowest BCUT2D eigenvalue weighted by Gasteiger charge is -2.31. The van der Waals surface area contributed by atoms with E-state index in [9.17, 15) is 5.11 Å². The van der Waals surface area contributed by atoms with E-state index in [0.29, 0.717) is 10.9 Å². The highest BCUT2D eigenvalue weighted by Gasteiger charge is 2.42. The number of hydrogen-bond donors (Lipinski definition) is 1. The molecule has 2 bridgehead atoms. The largest absolute Gasteiger partial charge is 0.385 e. The predicted molar refractivity (Wildman–Crippen MR) is 74.6 cm³/mol. The monoisotopic (exact) mass is 264 g/mol. The Kier molecular flexibility index (Phi) is 3.15. The van der Waals surface area contributed by atoms with Crippen LogP contribution in [0.2, 0.25) is 5.02 Å². The van der Waals surface area contributed by atoms with Crippen molar-refractivity contribution in [1.82, 2.24) is 0 Å². The molecule has 0 amide bonds. The summed E-state index contributed by atoms with van der Waals surface area (Å²) in [6, 6.07) is 7.67. The molecule has 0 aromatic heterocycles. The van der Waals surface area contributed by atoms with Crippen LogP contribution in [0.25, 0.3) is 0 Å². The van der Waals surface area contributed by atoms with Gasteiger partial charge in [-0.05, 0) is 68.1 Å². The lowest BCUT2D eigenvalue weighted by Crippen LogP contribution is -2.27. The van der Waals surface area contributed by atoms with Gasteiger partial charge in [-0.3, -0.25) is 0 Å². The first-order valence-electron chi connectivity index (χ1n) is 7.03. The van der Waals surface area contributed by atoms with E-state index in [1.54, 1.807) is 0 Å². The zero-order chi connectivity index (χ0) is 12.8. The molecule has 1 N–H and O–H groups in total. The highest BCUT2D eigenvalue weighted by Crippen LogP contribution is 2.51. The number of fused-ring (bicyclic) bond motifs is 2. The molecule has 2 aliphatic carbocycles. The van der Waals surface area contributed by atoms with Gasteiger partial charge in [-0.25, -0.2) is 0 Å². The Morgan fingerprint density at radius 1 is 1.33 bits per heavy atom. The highest BCUT2D eigenvalue weighted by molar-refractivity contribution is 6.30. The van der Waals surface area contributed by atoms with Gasteiger partial charge in [0, 0.05) is 5.02 Å². The molecule has 1 aromatic rings. The average Bonchev–Trinajstić information content (AvgIpc) is 2.90. The molecule has 3 rings (SSSR count). The Labute approximate surface area is 114 Å². The fourth-order valence-electron chi connectivity index (χ4n) is 4.08. The number of aliphatic hydroxyl groups is 1. The van der Waals surface area contributed by atoms with Gasteiger partial charge in [0.2, 0.25) is 0 Å². The van der Waals surface area contributed by atoms with Gasteiger partial charge in [0.15, 0.2) is 0 Å². The second kappa shape index (κ2) is 4.54. The van der Waals surface area contributed by atoms with Crippen molar-refractivity contribution in [2.45, 2.75) is 44.6 Å². The van der Waals surface area contributed by atoms with Crippen molar-refractivity contribution in [1.29, 1.82) is 0 Å². The molecule has 2 fully saturated rings. The van der Waals surface area contributed by atoms with Crippen molar-refractivity contribution < 1.29 is 5.11 Å². The van der Waals surface area contributed by atoms with Crippen molar-refractivity contribution in [3.05, 3.63) is 34.9 Å². The van der Waals surface area contributed by atoms with Crippen LogP contribution in [0, 0.1) is 17.8 Å². The molecule has 0 aliphatic heterocycles. The van der Waals surface area contributed by atoms with Gasteiger partial charge in [-0.2, -0.15) is 0 Å². The second-order valence-corrected chi connectivity index (χ2v) is 6.86. The molecule has 2 saturated carbocycles. The molecule has 2 heteroatoms. The summed E-state index contributed by atoms with van der Waals surface area (Å²) in [5.74, 6) is 2.51. The maximum Gasteiger partial charge on any atom is 0.0871 e. The van der Waals surface area contributed by atoms with Crippen molar-refractivity contribution in [3.8, 4) is 0 Å². The smallest absolute Gasteiger partial charge is 0.0871 e. The summed E-state index contributed by atoms with van der Waals surface area (Å²) in [6.45, 7) is 1.94.